The van der Waals surface area contributed by atoms with Crippen LogP contribution in [0.15, 0.2) is 113 Å². The molecule has 2 fully saturated rings. The number of hydrogen-bond donors (Lipinski definition) is 2. The quantitative estimate of drug-likeness (QED) is 0.198. The Bertz CT molecular complexity index is 2570. The predicted octanol–water partition coefficient (Wildman–Crippen LogP) is 4.97. The lowest BCUT2D eigenvalue weighted by molar-refractivity contribution is 0.0739. The first-order valence-electron chi connectivity index (χ1n) is 19.1. The van der Waals surface area contributed by atoms with Gasteiger partial charge in [-0.3, -0.25) is 14.3 Å². The molecule has 0 aliphatic carbocycles. The van der Waals surface area contributed by atoms with E-state index >= 15 is 0 Å². The SMILES string of the molecule is Cc1ccc(NS(=O)(=O)c2cc(C(=O)N3CCN(c4ccccc4)CC3)ccc2Cc2cccc(N3CCN(C(=O)c4ccc(C)c(S(N)(=O)=O)c4)CC3)n2)c(C)c1. The largest absolute Gasteiger partial charge is 0.368 e. The molecular formula is C43H47N7O6S2. The van der Waals surface area contributed by atoms with E-state index in [2.05, 4.69) is 14.5 Å². The molecular weight excluding hydrogens is 775 g/mol. The first kappa shape index (κ1) is 40.4. The number of benzene rings is 4. The van der Waals surface area contributed by atoms with Crippen LogP contribution in [0, 0.1) is 20.8 Å². The number of nitrogens with one attached hydrogen (secondary N) is 1. The third-order valence-corrected chi connectivity index (χ3v) is 13.2. The molecule has 15 heteroatoms. The van der Waals surface area contributed by atoms with Crippen LogP contribution in [-0.2, 0) is 26.5 Å². The summed E-state index contributed by atoms with van der Waals surface area (Å²) in [5.41, 5.74) is 5.45. The number of nitrogens with two attached hydrogens (primary N) is 1. The number of rotatable bonds is 10. The Labute approximate surface area is 340 Å². The van der Waals surface area contributed by atoms with Gasteiger partial charge in [-0.15, -0.1) is 0 Å². The molecule has 0 atom stereocenters. The third-order valence-electron chi connectivity index (χ3n) is 10.7. The number of nitrogens with zero attached hydrogens (tertiary/aromatic N) is 5. The fourth-order valence-corrected chi connectivity index (χ4v) is 9.70. The minimum absolute atomic E-state index is 0.00211. The molecule has 58 heavy (non-hydrogen) atoms. The summed E-state index contributed by atoms with van der Waals surface area (Å²) in [5, 5.41) is 5.37. The topological polar surface area (TPSA) is 166 Å². The number of piperazine rings is 2. The Balaban J connectivity index is 1.10. The fraction of sp³-hybridized carbons (Fsp3) is 0.279. The summed E-state index contributed by atoms with van der Waals surface area (Å²) < 4.78 is 55.4. The molecule has 3 heterocycles. The van der Waals surface area contributed by atoms with Gasteiger partial charge in [0.1, 0.15) is 5.82 Å². The summed E-state index contributed by atoms with van der Waals surface area (Å²) in [4.78, 5) is 39.8. The molecule has 5 aromatic rings. The number of aryl methyl sites for hydroxylation is 3. The van der Waals surface area contributed by atoms with Crippen LogP contribution in [-0.4, -0.2) is 95.8 Å². The van der Waals surface area contributed by atoms with Gasteiger partial charge in [0, 0.05) is 81.3 Å². The smallest absolute Gasteiger partial charge is 0.262 e. The van der Waals surface area contributed by atoms with Gasteiger partial charge in [0.15, 0.2) is 0 Å². The number of sulfonamides is 2. The van der Waals surface area contributed by atoms with Crippen molar-refractivity contribution in [2.45, 2.75) is 37.0 Å². The summed E-state index contributed by atoms with van der Waals surface area (Å²) in [6, 6.07) is 30.5. The molecule has 0 radical (unpaired) electrons. The molecule has 0 spiro atoms. The normalized spacial score (nSPS) is 15.0. The predicted molar refractivity (Wildman–Crippen MR) is 225 cm³/mol. The van der Waals surface area contributed by atoms with E-state index in [1.54, 1.807) is 47.1 Å². The monoisotopic (exact) mass is 821 g/mol. The van der Waals surface area contributed by atoms with Gasteiger partial charge in [-0.1, -0.05) is 54.1 Å². The Kier molecular flexibility index (Phi) is 11.6. The highest BCUT2D eigenvalue weighted by atomic mass is 32.2. The minimum Gasteiger partial charge on any atom is -0.368 e. The van der Waals surface area contributed by atoms with Crippen molar-refractivity contribution in [1.29, 1.82) is 0 Å². The van der Waals surface area contributed by atoms with Crippen molar-refractivity contribution in [1.82, 2.24) is 14.8 Å². The van der Waals surface area contributed by atoms with Gasteiger partial charge in [0.2, 0.25) is 10.0 Å². The molecule has 0 unspecified atom stereocenters. The number of anilines is 3. The van der Waals surface area contributed by atoms with Crippen molar-refractivity contribution in [2.24, 2.45) is 5.14 Å². The van der Waals surface area contributed by atoms with Crippen molar-refractivity contribution in [3.05, 3.63) is 142 Å². The first-order chi connectivity index (χ1) is 27.7. The van der Waals surface area contributed by atoms with Crippen molar-refractivity contribution < 1.29 is 26.4 Å². The lowest BCUT2D eigenvalue weighted by atomic mass is 10.1. The van der Waals surface area contributed by atoms with E-state index in [1.807, 2.05) is 74.5 Å². The molecule has 2 aliphatic heterocycles. The van der Waals surface area contributed by atoms with Crippen LogP contribution in [0.5, 0.6) is 0 Å². The van der Waals surface area contributed by atoms with Crippen LogP contribution in [0.3, 0.4) is 0 Å². The van der Waals surface area contributed by atoms with Crippen molar-refractivity contribution in [3.63, 3.8) is 0 Å². The van der Waals surface area contributed by atoms with Crippen LogP contribution in [0.2, 0.25) is 0 Å². The van der Waals surface area contributed by atoms with Gasteiger partial charge in [-0.05, 0) is 92.1 Å². The van der Waals surface area contributed by atoms with Crippen molar-refractivity contribution in [3.8, 4) is 0 Å². The number of primary sulfonamides is 1. The van der Waals surface area contributed by atoms with Crippen LogP contribution < -0.4 is 19.7 Å². The van der Waals surface area contributed by atoms with Gasteiger partial charge in [0.25, 0.3) is 21.8 Å². The number of carbonyl (C=O) groups excluding carboxylic acids is 2. The van der Waals surface area contributed by atoms with Crippen LogP contribution >= 0.6 is 0 Å². The molecule has 0 bridgehead atoms. The zero-order valence-corrected chi connectivity index (χ0v) is 34.4. The molecule has 2 saturated heterocycles. The van der Waals surface area contributed by atoms with E-state index in [0.29, 0.717) is 86.2 Å². The summed E-state index contributed by atoms with van der Waals surface area (Å²) in [6.45, 7) is 9.47. The molecule has 7 rings (SSSR count). The van der Waals surface area contributed by atoms with Crippen LogP contribution in [0.1, 0.15) is 48.7 Å². The average Bonchev–Trinajstić information content (AvgIpc) is 3.22. The number of hydrogen-bond acceptors (Lipinski definition) is 9. The Morgan fingerprint density at radius 3 is 1.86 bits per heavy atom. The molecule has 3 N–H and O–H groups in total. The van der Waals surface area contributed by atoms with E-state index in [1.165, 1.54) is 12.1 Å². The third kappa shape index (κ3) is 9.01. The first-order valence-corrected chi connectivity index (χ1v) is 22.1. The maximum absolute atomic E-state index is 14.2. The fourth-order valence-electron chi connectivity index (χ4n) is 7.50. The van der Waals surface area contributed by atoms with Crippen molar-refractivity contribution >= 4 is 49.1 Å². The van der Waals surface area contributed by atoms with E-state index in [0.717, 1.165) is 16.8 Å². The lowest BCUT2D eigenvalue weighted by Gasteiger charge is -2.36. The second kappa shape index (κ2) is 16.6. The van der Waals surface area contributed by atoms with E-state index in [4.69, 9.17) is 10.1 Å². The van der Waals surface area contributed by atoms with Gasteiger partial charge in [-0.2, -0.15) is 0 Å². The van der Waals surface area contributed by atoms with Gasteiger partial charge < -0.3 is 19.6 Å². The summed E-state index contributed by atoms with van der Waals surface area (Å²) in [5.74, 6) is 0.161. The van der Waals surface area contributed by atoms with Crippen LogP contribution in [0.4, 0.5) is 17.2 Å². The second-order valence-corrected chi connectivity index (χ2v) is 18.0. The van der Waals surface area contributed by atoms with Gasteiger partial charge in [-0.25, -0.2) is 27.0 Å². The molecule has 4 aromatic carbocycles. The molecule has 2 aliphatic rings. The number of para-hydroxylation sites is 1. The van der Waals surface area contributed by atoms with E-state index in [9.17, 15) is 26.4 Å². The molecule has 2 amide bonds. The number of aromatic nitrogens is 1. The van der Waals surface area contributed by atoms with Crippen LogP contribution in [0.25, 0.3) is 0 Å². The maximum Gasteiger partial charge on any atom is 0.262 e. The average molecular weight is 822 g/mol. The molecule has 0 saturated carbocycles. The molecule has 13 nitrogen and oxygen atoms in total. The zero-order chi connectivity index (χ0) is 41.2. The summed E-state index contributed by atoms with van der Waals surface area (Å²) in [7, 11) is -8.14. The Hall–Kier alpha value is -5.77. The standard InChI is InChI=1S/C43H47N7O6S2/c1-30-12-17-38(32(3)26-30)46-58(55,56)40-29-35(43(52)49-22-18-47(19-23-49)37-9-5-4-6-10-37)16-15-33(40)27-36-8-7-11-41(45-36)48-20-24-50(25-21-48)42(51)34-14-13-31(2)39(28-34)57(44,53)54/h4-17,26,28-29,46H,18-25,27H2,1-3H3,(H2,44,53,54). The summed E-state index contributed by atoms with van der Waals surface area (Å²) in [6.07, 6.45) is 0.180. The zero-order valence-electron chi connectivity index (χ0n) is 32.8. The second-order valence-electron chi connectivity index (χ2n) is 14.8. The van der Waals surface area contributed by atoms with Gasteiger partial charge in [0.05, 0.1) is 15.5 Å². The summed E-state index contributed by atoms with van der Waals surface area (Å²) >= 11 is 0. The number of amides is 2. The maximum atomic E-state index is 14.2. The van der Waals surface area contributed by atoms with Crippen molar-refractivity contribution in [2.75, 3.05) is 66.9 Å². The van der Waals surface area contributed by atoms with E-state index in [-0.39, 0.29) is 33.6 Å². The lowest BCUT2D eigenvalue weighted by Crippen LogP contribution is -2.49. The highest BCUT2D eigenvalue weighted by molar-refractivity contribution is 7.92. The number of carbonyl (C=O) groups is 2. The number of pyridine rings is 1. The molecule has 1 aromatic heterocycles. The Morgan fingerprint density at radius 1 is 0.638 bits per heavy atom. The highest BCUT2D eigenvalue weighted by Gasteiger charge is 2.28. The minimum atomic E-state index is -4.16. The van der Waals surface area contributed by atoms with Gasteiger partial charge >= 0.3 is 0 Å². The highest BCUT2D eigenvalue weighted by Crippen LogP contribution is 2.28. The Morgan fingerprint density at radius 2 is 1.24 bits per heavy atom. The van der Waals surface area contributed by atoms with E-state index < -0.39 is 20.0 Å². The molecule has 302 valence electrons.